The Morgan fingerprint density at radius 2 is 2.06 bits per heavy atom. The fourth-order valence-corrected chi connectivity index (χ4v) is 4.59. The second-order valence-electron chi connectivity index (χ2n) is 8.67. The first-order valence-electron chi connectivity index (χ1n) is 11.3. The lowest BCUT2D eigenvalue weighted by atomic mass is 9.99. The molecule has 170 valence electrons. The Labute approximate surface area is 188 Å². The lowest BCUT2D eigenvalue weighted by Crippen LogP contribution is -2.41. The van der Waals surface area contributed by atoms with Gasteiger partial charge in [0.1, 0.15) is 11.6 Å². The van der Waals surface area contributed by atoms with E-state index in [9.17, 15) is 14.0 Å². The number of piperidine rings is 1. The van der Waals surface area contributed by atoms with Crippen LogP contribution < -0.4 is 9.80 Å². The molecular formula is C24H30FN5O2. The number of rotatable bonds is 5. The Bertz CT molecular complexity index is 1030. The third-order valence-electron chi connectivity index (χ3n) is 6.52. The predicted octanol–water partition coefficient (Wildman–Crippen LogP) is 3.41. The zero-order chi connectivity index (χ0) is 22.8. The van der Waals surface area contributed by atoms with Crippen LogP contribution in [0.5, 0.6) is 0 Å². The van der Waals surface area contributed by atoms with Crippen LogP contribution in [0.3, 0.4) is 0 Å². The van der Waals surface area contributed by atoms with Crippen molar-refractivity contribution >= 4 is 23.3 Å². The minimum Gasteiger partial charge on any atom is -0.374 e. The average molecular weight is 440 g/mol. The lowest BCUT2D eigenvalue weighted by molar-refractivity contribution is -0.135. The number of aryl methyl sites for hydroxylation is 1. The van der Waals surface area contributed by atoms with Gasteiger partial charge in [0, 0.05) is 57.0 Å². The van der Waals surface area contributed by atoms with Gasteiger partial charge in [-0.2, -0.15) is 0 Å². The zero-order valence-corrected chi connectivity index (χ0v) is 19.0. The van der Waals surface area contributed by atoms with Crippen molar-refractivity contribution in [3.05, 3.63) is 47.2 Å². The zero-order valence-electron chi connectivity index (χ0n) is 19.0. The molecule has 0 saturated carbocycles. The van der Waals surface area contributed by atoms with E-state index in [0.29, 0.717) is 44.0 Å². The lowest BCUT2D eigenvalue weighted by Gasteiger charge is -2.36. The summed E-state index contributed by atoms with van der Waals surface area (Å²) in [4.78, 5) is 40.3. The smallest absolute Gasteiger partial charge is 0.228 e. The van der Waals surface area contributed by atoms with Crippen molar-refractivity contribution in [2.45, 2.75) is 51.5 Å². The number of hydrogen-bond acceptors (Lipinski definition) is 5. The molecule has 4 rings (SSSR count). The maximum atomic E-state index is 13.5. The predicted molar refractivity (Wildman–Crippen MR) is 121 cm³/mol. The molecule has 0 aliphatic carbocycles. The number of hydrogen-bond donors (Lipinski definition) is 0. The van der Waals surface area contributed by atoms with Crippen molar-refractivity contribution in [2.24, 2.45) is 0 Å². The summed E-state index contributed by atoms with van der Waals surface area (Å²) in [6.45, 7) is 3.12. The molecular weight excluding hydrogens is 409 g/mol. The Morgan fingerprint density at radius 1 is 1.25 bits per heavy atom. The number of fused-ring (bicyclic) bond motifs is 1. The Kier molecular flexibility index (Phi) is 6.39. The Balaban J connectivity index is 1.51. The molecule has 7 nitrogen and oxygen atoms in total. The first-order valence-corrected chi connectivity index (χ1v) is 11.3. The molecule has 0 bridgehead atoms. The molecule has 1 fully saturated rings. The van der Waals surface area contributed by atoms with Gasteiger partial charge in [0.25, 0.3) is 0 Å². The van der Waals surface area contributed by atoms with Crippen LogP contribution in [0.25, 0.3) is 0 Å². The standard InChI is InChI=1S/C24H30FN5O2/c1-16-19-10-11-21(31)29(3)24(19)27-23(26-16)20-9-4-5-13-30(20)22(32)12-14-28(2)18-8-6-7-17(25)15-18/h6-8,15,20H,4-5,9-14H2,1-3H3. The maximum absolute atomic E-state index is 13.5. The van der Waals surface area contributed by atoms with E-state index in [0.717, 1.165) is 36.2 Å². The van der Waals surface area contributed by atoms with E-state index in [1.807, 2.05) is 29.8 Å². The summed E-state index contributed by atoms with van der Waals surface area (Å²) in [5.74, 6) is 1.10. The van der Waals surface area contributed by atoms with Crippen LogP contribution in [-0.2, 0) is 16.0 Å². The first-order chi connectivity index (χ1) is 15.3. The van der Waals surface area contributed by atoms with Crippen molar-refractivity contribution in [1.29, 1.82) is 0 Å². The monoisotopic (exact) mass is 439 g/mol. The van der Waals surface area contributed by atoms with E-state index < -0.39 is 0 Å². The van der Waals surface area contributed by atoms with E-state index in [-0.39, 0.29) is 23.7 Å². The summed E-state index contributed by atoms with van der Waals surface area (Å²) in [6.07, 6.45) is 4.22. The van der Waals surface area contributed by atoms with Gasteiger partial charge in [-0.05, 0) is 50.8 Å². The van der Waals surface area contributed by atoms with E-state index in [1.54, 1.807) is 18.0 Å². The van der Waals surface area contributed by atoms with Crippen LogP contribution in [0.4, 0.5) is 15.9 Å². The van der Waals surface area contributed by atoms with Crippen molar-refractivity contribution in [3.8, 4) is 0 Å². The van der Waals surface area contributed by atoms with Crippen molar-refractivity contribution in [3.63, 3.8) is 0 Å². The molecule has 2 aromatic rings. The highest BCUT2D eigenvalue weighted by Crippen LogP contribution is 2.33. The Hall–Kier alpha value is -3.03. The minimum atomic E-state index is -0.292. The molecule has 8 heteroatoms. The van der Waals surface area contributed by atoms with Crippen LogP contribution in [0, 0.1) is 12.7 Å². The normalized spacial score (nSPS) is 18.5. The number of benzene rings is 1. The molecule has 3 heterocycles. The molecule has 0 spiro atoms. The highest BCUT2D eigenvalue weighted by atomic mass is 19.1. The summed E-state index contributed by atoms with van der Waals surface area (Å²) in [5.41, 5.74) is 2.64. The van der Waals surface area contributed by atoms with Crippen molar-refractivity contribution in [1.82, 2.24) is 14.9 Å². The molecule has 1 unspecified atom stereocenters. The quantitative estimate of drug-likeness (QED) is 0.714. The average Bonchev–Trinajstić information content (AvgIpc) is 2.79. The van der Waals surface area contributed by atoms with Crippen LogP contribution in [0.15, 0.2) is 24.3 Å². The van der Waals surface area contributed by atoms with E-state index in [4.69, 9.17) is 9.97 Å². The number of likely N-dealkylation sites (tertiary alicyclic amines) is 1. The van der Waals surface area contributed by atoms with E-state index >= 15 is 0 Å². The summed E-state index contributed by atoms with van der Waals surface area (Å²) < 4.78 is 13.5. The highest BCUT2D eigenvalue weighted by Gasteiger charge is 2.32. The van der Waals surface area contributed by atoms with Gasteiger partial charge in [0.2, 0.25) is 11.8 Å². The van der Waals surface area contributed by atoms with Gasteiger partial charge in [-0.1, -0.05) is 6.07 Å². The topological polar surface area (TPSA) is 69.6 Å². The van der Waals surface area contributed by atoms with Gasteiger partial charge in [0.05, 0.1) is 6.04 Å². The summed E-state index contributed by atoms with van der Waals surface area (Å²) in [6, 6.07) is 6.19. The van der Waals surface area contributed by atoms with Gasteiger partial charge in [0.15, 0.2) is 5.82 Å². The molecule has 2 aliphatic rings. The number of halogens is 1. The minimum absolute atomic E-state index is 0.0429. The van der Waals surface area contributed by atoms with Crippen LogP contribution in [0.2, 0.25) is 0 Å². The third-order valence-corrected chi connectivity index (χ3v) is 6.52. The number of carbonyl (C=O) groups is 2. The van der Waals surface area contributed by atoms with Crippen LogP contribution >= 0.6 is 0 Å². The molecule has 32 heavy (non-hydrogen) atoms. The van der Waals surface area contributed by atoms with Gasteiger partial charge in [-0.15, -0.1) is 0 Å². The first kappa shape index (κ1) is 22.2. The summed E-state index contributed by atoms with van der Waals surface area (Å²) in [5, 5.41) is 0. The summed E-state index contributed by atoms with van der Waals surface area (Å²) in [7, 11) is 3.61. The molecule has 1 aromatic carbocycles. The second-order valence-corrected chi connectivity index (χ2v) is 8.67. The van der Waals surface area contributed by atoms with Crippen LogP contribution in [-0.4, -0.2) is 53.9 Å². The molecule has 1 atom stereocenters. The largest absolute Gasteiger partial charge is 0.374 e. The molecule has 2 amide bonds. The Morgan fingerprint density at radius 3 is 2.84 bits per heavy atom. The number of amides is 2. The van der Waals surface area contributed by atoms with Crippen LogP contribution in [0.1, 0.15) is 55.2 Å². The van der Waals surface area contributed by atoms with Gasteiger partial charge < -0.3 is 9.80 Å². The van der Waals surface area contributed by atoms with Gasteiger partial charge in [-0.3, -0.25) is 14.5 Å². The van der Waals surface area contributed by atoms with Gasteiger partial charge >= 0.3 is 0 Å². The SMILES string of the molecule is Cc1nc(C2CCCCN2C(=O)CCN(C)c2cccc(F)c2)nc2c1CCC(=O)N2C. The molecule has 1 saturated heterocycles. The van der Waals surface area contributed by atoms with Crippen molar-refractivity contribution in [2.75, 3.05) is 37.0 Å². The maximum Gasteiger partial charge on any atom is 0.228 e. The van der Waals surface area contributed by atoms with Gasteiger partial charge in [-0.25, -0.2) is 14.4 Å². The number of anilines is 2. The molecule has 0 N–H and O–H groups in total. The number of aromatic nitrogens is 2. The molecule has 0 radical (unpaired) electrons. The van der Waals surface area contributed by atoms with E-state index in [2.05, 4.69) is 0 Å². The fourth-order valence-electron chi connectivity index (χ4n) is 4.59. The fraction of sp³-hybridized carbons (Fsp3) is 0.500. The number of carbonyl (C=O) groups excluding carboxylic acids is 2. The summed E-state index contributed by atoms with van der Waals surface area (Å²) >= 11 is 0. The second kappa shape index (κ2) is 9.22. The molecule has 2 aliphatic heterocycles. The molecule has 1 aromatic heterocycles. The van der Waals surface area contributed by atoms with E-state index in [1.165, 1.54) is 12.1 Å². The highest BCUT2D eigenvalue weighted by molar-refractivity contribution is 5.94. The van der Waals surface area contributed by atoms with Crippen molar-refractivity contribution < 1.29 is 14.0 Å². The number of nitrogens with zero attached hydrogens (tertiary/aromatic N) is 5. The third kappa shape index (κ3) is 4.45.